The van der Waals surface area contributed by atoms with Crippen LogP contribution >= 0.6 is 11.6 Å². The number of hydrogen-bond acceptors (Lipinski definition) is 4. The Hall–Kier alpha value is -3.12. The molecule has 136 valence electrons. The summed E-state index contributed by atoms with van der Waals surface area (Å²) in [6, 6.07) is 15.9. The quantitative estimate of drug-likeness (QED) is 0.694. The minimum absolute atomic E-state index is 0.0580. The first-order chi connectivity index (χ1) is 13.0. The topological polar surface area (TPSA) is 75.4 Å². The summed E-state index contributed by atoms with van der Waals surface area (Å²) in [5, 5.41) is 3.14. The number of carbonyl (C=O) groups is 2. The molecule has 2 aromatic carbocycles. The van der Waals surface area contributed by atoms with E-state index in [0.717, 1.165) is 10.5 Å². The third kappa shape index (κ3) is 2.98. The Labute approximate surface area is 160 Å². The molecule has 3 aromatic rings. The van der Waals surface area contributed by atoms with E-state index in [0.29, 0.717) is 16.3 Å². The van der Waals surface area contributed by atoms with Crippen molar-refractivity contribution in [2.75, 3.05) is 0 Å². The molecule has 1 N–H and O–H groups in total. The van der Waals surface area contributed by atoms with Gasteiger partial charge in [-0.1, -0.05) is 60.1 Å². The van der Waals surface area contributed by atoms with E-state index in [2.05, 4.69) is 10.3 Å². The van der Waals surface area contributed by atoms with Crippen molar-refractivity contribution in [3.63, 3.8) is 0 Å². The number of rotatable bonds is 4. The van der Waals surface area contributed by atoms with Crippen molar-refractivity contribution >= 4 is 23.5 Å². The van der Waals surface area contributed by atoms with Crippen molar-refractivity contribution < 1.29 is 14.0 Å². The van der Waals surface area contributed by atoms with Crippen molar-refractivity contribution in [1.82, 2.24) is 15.2 Å². The van der Waals surface area contributed by atoms with Gasteiger partial charge in [0.2, 0.25) is 5.89 Å². The summed E-state index contributed by atoms with van der Waals surface area (Å²) in [5.74, 6) is 0.451. The van der Waals surface area contributed by atoms with E-state index < -0.39 is 17.5 Å². The molecule has 0 bridgehead atoms. The first kappa shape index (κ1) is 17.3. The Balaban J connectivity index is 1.59. The maximum Gasteiger partial charge on any atom is 0.325 e. The van der Waals surface area contributed by atoms with Crippen molar-refractivity contribution in [2.45, 2.75) is 19.0 Å². The van der Waals surface area contributed by atoms with Crippen molar-refractivity contribution in [3.8, 4) is 11.3 Å². The highest BCUT2D eigenvalue weighted by atomic mass is 35.5. The average Bonchev–Trinajstić information content (AvgIpc) is 3.22. The van der Waals surface area contributed by atoms with Gasteiger partial charge in [0.1, 0.15) is 12.1 Å². The molecule has 1 aliphatic rings. The number of aromatic nitrogens is 1. The zero-order valence-electron chi connectivity index (χ0n) is 14.5. The molecule has 6 nitrogen and oxygen atoms in total. The van der Waals surface area contributed by atoms with E-state index in [9.17, 15) is 9.59 Å². The van der Waals surface area contributed by atoms with Gasteiger partial charge in [0.05, 0.1) is 6.20 Å². The highest BCUT2D eigenvalue weighted by molar-refractivity contribution is 6.32. The molecule has 2 heterocycles. The van der Waals surface area contributed by atoms with E-state index in [1.54, 1.807) is 37.4 Å². The highest BCUT2D eigenvalue weighted by Gasteiger charge is 2.50. The van der Waals surface area contributed by atoms with E-state index in [1.807, 2.05) is 30.3 Å². The van der Waals surface area contributed by atoms with Crippen LogP contribution in [-0.2, 0) is 16.9 Å². The summed E-state index contributed by atoms with van der Waals surface area (Å²) in [4.78, 5) is 30.7. The second kappa shape index (κ2) is 6.55. The summed E-state index contributed by atoms with van der Waals surface area (Å²) in [7, 11) is 0. The number of urea groups is 1. The summed E-state index contributed by atoms with van der Waals surface area (Å²) in [6.07, 6.45) is 1.58. The molecule has 1 atom stereocenters. The van der Waals surface area contributed by atoms with Crippen LogP contribution in [0.15, 0.2) is 65.2 Å². The van der Waals surface area contributed by atoms with Gasteiger partial charge in [0.15, 0.2) is 5.76 Å². The highest BCUT2D eigenvalue weighted by Crippen LogP contribution is 2.34. The monoisotopic (exact) mass is 381 g/mol. The van der Waals surface area contributed by atoms with Gasteiger partial charge in [-0.15, -0.1) is 0 Å². The molecule has 1 fully saturated rings. The Bertz CT molecular complexity index is 1020. The molecule has 7 heteroatoms. The molecule has 27 heavy (non-hydrogen) atoms. The fraction of sp³-hybridized carbons (Fsp3) is 0.150. The SMILES string of the molecule is C[C@@]1(c2ccccc2Cl)NC(=O)N(Cc2ncc(-c3ccccc3)o2)C1=O. The molecule has 1 aromatic heterocycles. The van der Waals surface area contributed by atoms with E-state index in [1.165, 1.54) is 0 Å². The van der Waals surface area contributed by atoms with Gasteiger partial charge in [0.25, 0.3) is 5.91 Å². The predicted octanol–water partition coefficient (Wildman–Crippen LogP) is 3.96. The lowest BCUT2D eigenvalue weighted by Gasteiger charge is -2.23. The fourth-order valence-corrected chi connectivity index (χ4v) is 3.47. The summed E-state index contributed by atoms with van der Waals surface area (Å²) in [6.45, 7) is 1.58. The van der Waals surface area contributed by atoms with Crippen LogP contribution in [0.25, 0.3) is 11.3 Å². The molecule has 0 saturated carbocycles. The number of carbonyl (C=O) groups excluding carboxylic acids is 2. The largest absolute Gasteiger partial charge is 0.439 e. The normalized spacial score (nSPS) is 19.4. The van der Waals surface area contributed by atoms with Crippen LogP contribution in [0.2, 0.25) is 5.02 Å². The third-order valence-electron chi connectivity index (χ3n) is 4.59. The molecular weight excluding hydrogens is 366 g/mol. The lowest BCUT2D eigenvalue weighted by Crippen LogP contribution is -2.41. The molecule has 3 amide bonds. The Morgan fingerprint density at radius 2 is 1.81 bits per heavy atom. The average molecular weight is 382 g/mol. The van der Waals surface area contributed by atoms with Crippen LogP contribution in [0.5, 0.6) is 0 Å². The molecule has 0 radical (unpaired) electrons. The van der Waals surface area contributed by atoms with Crippen LogP contribution in [0.4, 0.5) is 4.79 Å². The number of oxazole rings is 1. The molecule has 0 aliphatic carbocycles. The minimum Gasteiger partial charge on any atom is -0.439 e. The summed E-state index contributed by atoms with van der Waals surface area (Å²) < 4.78 is 5.71. The van der Waals surface area contributed by atoms with Gasteiger partial charge in [-0.2, -0.15) is 0 Å². The molecule has 1 saturated heterocycles. The summed E-state index contributed by atoms with van der Waals surface area (Å²) >= 11 is 6.23. The van der Waals surface area contributed by atoms with Crippen LogP contribution in [0.1, 0.15) is 18.4 Å². The van der Waals surface area contributed by atoms with Crippen LogP contribution in [0, 0.1) is 0 Å². The lowest BCUT2D eigenvalue weighted by molar-refractivity contribution is -0.131. The summed E-state index contributed by atoms with van der Waals surface area (Å²) in [5.41, 5.74) is 0.184. The van der Waals surface area contributed by atoms with Gasteiger partial charge >= 0.3 is 6.03 Å². The second-order valence-electron chi connectivity index (χ2n) is 6.41. The second-order valence-corrected chi connectivity index (χ2v) is 6.82. The van der Waals surface area contributed by atoms with Gasteiger partial charge in [-0.05, 0) is 13.0 Å². The predicted molar refractivity (Wildman–Crippen MR) is 99.8 cm³/mol. The Kier molecular flexibility index (Phi) is 4.20. The van der Waals surface area contributed by atoms with Gasteiger partial charge in [-0.3, -0.25) is 9.69 Å². The number of imide groups is 1. The number of amides is 3. The maximum absolute atomic E-state index is 13.0. The number of benzene rings is 2. The Morgan fingerprint density at radius 1 is 1.11 bits per heavy atom. The lowest BCUT2D eigenvalue weighted by atomic mass is 9.92. The third-order valence-corrected chi connectivity index (χ3v) is 4.92. The number of nitrogens with zero attached hydrogens (tertiary/aromatic N) is 2. The minimum atomic E-state index is -1.23. The molecule has 0 spiro atoms. The first-order valence-electron chi connectivity index (χ1n) is 8.38. The van der Waals surface area contributed by atoms with Crippen LogP contribution in [-0.4, -0.2) is 21.8 Å². The number of nitrogens with one attached hydrogen (secondary N) is 1. The van der Waals surface area contributed by atoms with Crippen molar-refractivity contribution in [3.05, 3.63) is 77.3 Å². The molecular formula is C20H16ClN3O3. The van der Waals surface area contributed by atoms with Gasteiger partial charge < -0.3 is 9.73 Å². The van der Waals surface area contributed by atoms with E-state index >= 15 is 0 Å². The first-order valence-corrected chi connectivity index (χ1v) is 8.76. The van der Waals surface area contributed by atoms with Crippen LogP contribution < -0.4 is 5.32 Å². The molecule has 0 unspecified atom stereocenters. The van der Waals surface area contributed by atoms with Crippen molar-refractivity contribution in [1.29, 1.82) is 0 Å². The van der Waals surface area contributed by atoms with E-state index in [4.69, 9.17) is 16.0 Å². The van der Waals surface area contributed by atoms with E-state index in [-0.39, 0.29) is 12.4 Å². The fourth-order valence-electron chi connectivity index (χ4n) is 3.14. The zero-order valence-corrected chi connectivity index (χ0v) is 15.2. The molecule has 1 aliphatic heterocycles. The zero-order chi connectivity index (χ0) is 19.0. The van der Waals surface area contributed by atoms with Crippen LogP contribution in [0.3, 0.4) is 0 Å². The number of hydrogen-bond donors (Lipinski definition) is 1. The van der Waals surface area contributed by atoms with Gasteiger partial charge in [-0.25, -0.2) is 9.78 Å². The smallest absolute Gasteiger partial charge is 0.325 e. The van der Waals surface area contributed by atoms with Crippen molar-refractivity contribution in [2.24, 2.45) is 0 Å². The van der Waals surface area contributed by atoms with Gasteiger partial charge in [0, 0.05) is 16.1 Å². The molecule has 4 rings (SSSR count). The number of halogens is 1. The Morgan fingerprint density at radius 3 is 2.56 bits per heavy atom. The standard InChI is InChI=1S/C20H16ClN3O3/c1-20(14-9-5-6-10-15(14)21)18(25)24(19(26)23-20)12-17-22-11-16(27-17)13-7-3-2-4-8-13/h2-11H,12H2,1H3,(H,23,26)/t20-/m0/s1. The maximum atomic E-state index is 13.0.